The minimum atomic E-state index is -0.168. The summed E-state index contributed by atoms with van der Waals surface area (Å²) in [6, 6.07) is 0. The van der Waals surface area contributed by atoms with Gasteiger partial charge in [-0.3, -0.25) is 9.59 Å². The topological polar surface area (TPSA) is 52.6 Å². The Morgan fingerprint density at radius 1 is 0.882 bits per heavy atom. The average Bonchev–Trinajstić information content (AvgIpc) is 3.30. The molecular weight excluding hydrogens is 424 g/mol. The van der Waals surface area contributed by atoms with Gasteiger partial charge in [-0.15, -0.1) is 0 Å². The van der Waals surface area contributed by atoms with E-state index in [1.165, 1.54) is 45.4 Å². The van der Waals surface area contributed by atoms with Gasteiger partial charge in [0.15, 0.2) is 0 Å². The molecule has 192 valence electrons. The maximum Gasteiger partial charge on any atom is 0.302 e. The third-order valence-electron chi connectivity index (χ3n) is 12.0. The van der Waals surface area contributed by atoms with Gasteiger partial charge in [-0.25, -0.2) is 0 Å². The molecule has 5 aliphatic carbocycles. The van der Waals surface area contributed by atoms with Crippen molar-refractivity contribution in [3.05, 3.63) is 0 Å². The van der Waals surface area contributed by atoms with Crippen molar-refractivity contribution in [2.45, 2.75) is 118 Å². The summed E-state index contributed by atoms with van der Waals surface area (Å²) in [6.45, 7) is 13.2. The lowest BCUT2D eigenvalue weighted by Crippen LogP contribution is -2.59. The molecule has 12 unspecified atom stereocenters. The monoisotopic (exact) mass is 472 g/mol. The molecule has 5 saturated carbocycles. The van der Waals surface area contributed by atoms with Gasteiger partial charge in [-0.1, -0.05) is 27.7 Å². The van der Waals surface area contributed by atoms with Crippen LogP contribution in [0.15, 0.2) is 0 Å². The number of hydrogen-bond acceptors (Lipinski definition) is 4. The molecule has 0 heterocycles. The van der Waals surface area contributed by atoms with Crippen LogP contribution in [-0.2, 0) is 19.1 Å². The summed E-state index contributed by atoms with van der Waals surface area (Å²) in [5.41, 5.74) is 0.654. The number of fused-ring (bicyclic) bond motifs is 5. The highest BCUT2D eigenvalue weighted by molar-refractivity contribution is 5.66. The lowest BCUT2D eigenvalue weighted by molar-refractivity contribution is -0.197. The summed E-state index contributed by atoms with van der Waals surface area (Å²) < 4.78 is 11.8. The molecule has 0 amide bonds. The van der Waals surface area contributed by atoms with Gasteiger partial charge in [0.25, 0.3) is 0 Å². The van der Waals surface area contributed by atoms with Crippen molar-refractivity contribution in [3.63, 3.8) is 0 Å². The summed E-state index contributed by atoms with van der Waals surface area (Å²) in [5, 5.41) is 0. The van der Waals surface area contributed by atoms with Crippen molar-refractivity contribution in [1.82, 2.24) is 0 Å². The number of esters is 2. The van der Waals surface area contributed by atoms with E-state index in [1.807, 2.05) is 0 Å². The van der Waals surface area contributed by atoms with Crippen molar-refractivity contribution >= 4 is 11.9 Å². The van der Waals surface area contributed by atoms with Gasteiger partial charge in [-0.05, 0) is 116 Å². The van der Waals surface area contributed by atoms with Gasteiger partial charge in [-0.2, -0.15) is 0 Å². The summed E-state index contributed by atoms with van der Waals surface area (Å²) in [7, 11) is 0. The second-order valence-corrected chi connectivity index (χ2v) is 13.8. The molecule has 0 bridgehead atoms. The highest BCUT2D eigenvalue weighted by Crippen LogP contribution is 2.69. The molecule has 0 aromatic heterocycles. The van der Waals surface area contributed by atoms with Crippen LogP contribution in [0.4, 0.5) is 0 Å². The first kappa shape index (κ1) is 24.6. The lowest BCUT2D eigenvalue weighted by atomic mass is 9.43. The van der Waals surface area contributed by atoms with Crippen LogP contribution in [0.1, 0.15) is 106 Å². The van der Waals surface area contributed by atoms with E-state index in [0.29, 0.717) is 29.1 Å². The van der Waals surface area contributed by atoms with Crippen molar-refractivity contribution in [2.24, 2.45) is 58.2 Å². The van der Waals surface area contributed by atoms with Gasteiger partial charge in [0.2, 0.25) is 0 Å². The highest BCUT2D eigenvalue weighted by atomic mass is 16.5. The minimum Gasteiger partial charge on any atom is -0.463 e. The van der Waals surface area contributed by atoms with Crippen LogP contribution in [0, 0.1) is 58.2 Å². The summed E-state index contributed by atoms with van der Waals surface area (Å²) in [6.07, 6.45) is 12.1. The largest absolute Gasteiger partial charge is 0.463 e. The first-order valence-corrected chi connectivity index (χ1v) is 14.4. The Labute approximate surface area is 207 Å². The second-order valence-electron chi connectivity index (χ2n) is 13.8. The van der Waals surface area contributed by atoms with Gasteiger partial charge in [0.05, 0.1) is 0 Å². The second kappa shape index (κ2) is 8.80. The Balaban J connectivity index is 1.39. The Morgan fingerprint density at radius 2 is 1.53 bits per heavy atom. The normalized spacial score (nSPS) is 50.4. The molecule has 0 aromatic rings. The number of rotatable bonds is 5. The van der Waals surface area contributed by atoms with Crippen molar-refractivity contribution in [3.8, 4) is 0 Å². The van der Waals surface area contributed by atoms with E-state index in [0.717, 1.165) is 49.4 Å². The number of ether oxygens (including phenoxy) is 2. The zero-order valence-corrected chi connectivity index (χ0v) is 22.5. The highest BCUT2D eigenvalue weighted by Gasteiger charge is 2.64. The quantitative estimate of drug-likeness (QED) is 0.413. The SMILES string of the molecule is CC(=O)OC1CCC2(C)C(C1)CC(OC(C)=O)C1C2CCC2(C)C(C(C)CC3CC3C)CCC12. The van der Waals surface area contributed by atoms with E-state index < -0.39 is 0 Å². The van der Waals surface area contributed by atoms with Crippen molar-refractivity contribution in [1.29, 1.82) is 0 Å². The fourth-order valence-corrected chi connectivity index (χ4v) is 10.2. The molecule has 4 nitrogen and oxygen atoms in total. The Hall–Kier alpha value is -1.06. The Morgan fingerprint density at radius 3 is 2.18 bits per heavy atom. The fourth-order valence-electron chi connectivity index (χ4n) is 10.2. The van der Waals surface area contributed by atoms with Gasteiger partial charge in [0.1, 0.15) is 12.2 Å². The zero-order valence-electron chi connectivity index (χ0n) is 22.5. The first-order chi connectivity index (χ1) is 16.0. The molecule has 0 saturated heterocycles. The van der Waals surface area contributed by atoms with E-state index in [1.54, 1.807) is 6.92 Å². The Kier molecular flexibility index (Phi) is 6.37. The molecule has 0 spiro atoms. The van der Waals surface area contributed by atoms with E-state index in [4.69, 9.17) is 9.47 Å². The molecule has 5 aliphatic rings. The van der Waals surface area contributed by atoms with E-state index in [2.05, 4.69) is 27.7 Å². The lowest BCUT2D eigenvalue weighted by Gasteiger charge is -2.62. The maximum atomic E-state index is 12.2. The molecule has 5 fully saturated rings. The molecule has 34 heavy (non-hydrogen) atoms. The van der Waals surface area contributed by atoms with Gasteiger partial charge < -0.3 is 9.47 Å². The van der Waals surface area contributed by atoms with Crippen LogP contribution < -0.4 is 0 Å². The molecule has 0 aliphatic heterocycles. The number of hydrogen-bond donors (Lipinski definition) is 0. The third kappa shape index (κ3) is 4.13. The van der Waals surface area contributed by atoms with Crippen molar-refractivity contribution in [2.75, 3.05) is 0 Å². The van der Waals surface area contributed by atoms with Crippen LogP contribution in [0.5, 0.6) is 0 Å². The van der Waals surface area contributed by atoms with Gasteiger partial charge in [0, 0.05) is 19.8 Å². The number of carbonyl (C=O) groups is 2. The number of carbonyl (C=O) groups excluding carboxylic acids is 2. The fraction of sp³-hybridized carbons (Fsp3) is 0.933. The molecule has 12 atom stereocenters. The zero-order chi connectivity index (χ0) is 24.4. The average molecular weight is 473 g/mol. The molecule has 5 rings (SSSR count). The van der Waals surface area contributed by atoms with Crippen LogP contribution >= 0.6 is 0 Å². The molecule has 0 aromatic carbocycles. The summed E-state index contributed by atoms with van der Waals surface area (Å²) >= 11 is 0. The standard InChI is InChI=1S/C30H48O4/c1-17-13-21(17)14-18(2)24-7-8-25-28-26(10-12-30(24,25)6)29(5)11-9-23(33-19(3)31)15-22(29)16-27(28)34-20(4)32/h17-18,21-28H,7-16H2,1-6H3. The maximum absolute atomic E-state index is 12.2. The van der Waals surface area contributed by atoms with Crippen LogP contribution in [0.3, 0.4) is 0 Å². The third-order valence-corrected chi connectivity index (χ3v) is 12.0. The molecular formula is C30H48O4. The summed E-state index contributed by atoms with van der Waals surface area (Å²) in [4.78, 5) is 23.9. The van der Waals surface area contributed by atoms with Crippen molar-refractivity contribution < 1.29 is 19.1 Å². The van der Waals surface area contributed by atoms with Crippen LogP contribution in [0.2, 0.25) is 0 Å². The van der Waals surface area contributed by atoms with Crippen LogP contribution in [0.25, 0.3) is 0 Å². The Bertz CT molecular complexity index is 808. The predicted molar refractivity (Wildman–Crippen MR) is 133 cm³/mol. The van der Waals surface area contributed by atoms with Crippen LogP contribution in [-0.4, -0.2) is 24.1 Å². The smallest absolute Gasteiger partial charge is 0.302 e. The van der Waals surface area contributed by atoms with Gasteiger partial charge >= 0.3 is 11.9 Å². The predicted octanol–water partition coefficient (Wildman–Crippen LogP) is 6.80. The van der Waals surface area contributed by atoms with E-state index >= 15 is 0 Å². The first-order valence-electron chi connectivity index (χ1n) is 14.4. The molecule has 0 radical (unpaired) electrons. The molecule has 4 heteroatoms. The summed E-state index contributed by atoms with van der Waals surface area (Å²) in [5.74, 6) is 5.47. The minimum absolute atomic E-state index is 0.0267. The molecule has 0 N–H and O–H groups in total. The van der Waals surface area contributed by atoms with E-state index in [-0.39, 0.29) is 29.6 Å². The van der Waals surface area contributed by atoms with E-state index in [9.17, 15) is 9.59 Å².